The molecule has 166 valence electrons. The lowest BCUT2D eigenvalue weighted by Crippen LogP contribution is -2.14. The van der Waals surface area contributed by atoms with E-state index >= 15 is 0 Å². The first-order valence-corrected chi connectivity index (χ1v) is 11.6. The molecule has 0 radical (unpaired) electrons. The molecule has 1 aliphatic heterocycles. The Hall–Kier alpha value is -3.49. The van der Waals surface area contributed by atoms with Crippen molar-refractivity contribution in [3.8, 4) is 22.9 Å². The van der Waals surface area contributed by atoms with Crippen molar-refractivity contribution in [1.82, 2.24) is 14.8 Å². The third-order valence-corrected chi connectivity index (χ3v) is 6.21. The number of carbonyl (C=O) groups excluding carboxylic acids is 1. The average molecular weight is 479 g/mol. The highest BCUT2D eigenvalue weighted by molar-refractivity contribution is 7.99. The standard InChI is InChI=1S/C24H19ClN4O3S/c25-18-7-9-19(10-8-18)26-22(30)14-33-24-28-27-23(17-4-2-1-3-5-17)29(24)13-16-6-11-20-21(12-16)32-15-31-20/h1-12H,13-15H2,(H,26,30). The molecule has 1 amide bonds. The van der Waals surface area contributed by atoms with Gasteiger partial charge in [-0.15, -0.1) is 10.2 Å². The van der Waals surface area contributed by atoms with Gasteiger partial charge in [-0.25, -0.2) is 0 Å². The van der Waals surface area contributed by atoms with E-state index in [1.165, 1.54) is 11.8 Å². The van der Waals surface area contributed by atoms with Crippen molar-refractivity contribution >= 4 is 35.0 Å². The van der Waals surface area contributed by atoms with Gasteiger partial charge in [0.1, 0.15) is 0 Å². The number of fused-ring (bicyclic) bond motifs is 1. The maximum atomic E-state index is 12.5. The topological polar surface area (TPSA) is 78.3 Å². The van der Waals surface area contributed by atoms with Gasteiger partial charge in [0.15, 0.2) is 22.5 Å². The highest BCUT2D eigenvalue weighted by Crippen LogP contribution is 2.33. The number of hydrogen-bond donors (Lipinski definition) is 1. The minimum absolute atomic E-state index is 0.138. The van der Waals surface area contributed by atoms with Gasteiger partial charge in [0.05, 0.1) is 12.3 Å². The van der Waals surface area contributed by atoms with Crippen LogP contribution in [-0.4, -0.2) is 33.2 Å². The number of benzene rings is 3. The molecule has 0 aliphatic carbocycles. The van der Waals surface area contributed by atoms with Gasteiger partial charge in [0.25, 0.3) is 0 Å². The van der Waals surface area contributed by atoms with Crippen LogP contribution in [0, 0.1) is 0 Å². The van der Waals surface area contributed by atoms with Crippen molar-refractivity contribution in [2.45, 2.75) is 11.7 Å². The number of aromatic nitrogens is 3. The maximum absolute atomic E-state index is 12.5. The van der Waals surface area contributed by atoms with E-state index < -0.39 is 0 Å². The van der Waals surface area contributed by atoms with E-state index in [2.05, 4.69) is 15.5 Å². The normalized spacial score (nSPS) is 12.0. The first-order chi connectivity index (χ1) is 16.2. The zero-order valence-corrected chi connectivity index (χ0v) is 19.0. The van der Waals surface area contributed by atoms with Gasteiger partial charge in [0, 0.05) is 16.3 Å². The van der Waals surface area contributed by atoms with Gasteiger partial charge in [-0.3, -0.25) is 9.36 Å². The molecule has 0 saturated carbocycles. The first kappa shape index (κ1) is 21.4. The molecule has 2 heterocycles. The van der Waals surface area contributed by atoms with Gasteiger partial charge in [-0.2, -0.15) is 0 Å². The molecule has 1 N–H and O–H groups in total. The summed E-state index contributed by atoms with van der Waals surface area (Å²) in [5, 5.41) is 12.9. The zero-order chi connectivity index (χ0) is 22.6. The Morgan fingerprint density at radius 2 is 1.79 bits per heavy atom. The van der Waals surface area contributed by atoms with Crippen molar-refractivity contribution in [1.29, 1.82) is 0 Å². The lowest BCUT2D eigenvalue weighted by molar-refractivity contribution is -0.113. The average Bonchev–Trinajstić information content (AvgIpc) is 3.46. The van der Waals surface area contributed by atoms with Crippen molar-refractivity contribution < 1.29 is 14.3 Å². The predicted octanol–water partition coefficient (Wildman–Crippen LogP) is 5.11. The van der Waals surface area contributed by atoms with Crippen LogP contribution in [-0.2, 0) is 11.3 Å². The monoisotopic (exact) mass is 478 g/mol. The number of hydrogen-bond acceptors (Lipinski definition) is 6. The molecule has 1 aliphatic rings. The Morgan fingerprint density at radius 1 is 1.00 bits per heavy atom. The maximum Gasteiger partial charge on any atom is 0.234 e. The molecular weight excluding hydrogens is 460 g/mol. The number of halogens is 1. The van der Waals surface area contributed by atoms with E-state index in [0.29, 0.717) is 22.4 Å². The van der Waals surface area contributed by atoms with E-state index in [0.717, 1.165) is 28.5 Å². The number of thioether (sulfide) groups is 1. The number of nitrogens with one attached hydrogen (secondary N) is 1. The number of carbonyl (C=O) groups is 1. The van der Waals surface area contributed by atoms with Crippen LogP contribution in [0.4, 0.5) is 5.69 Å². The van der Waals surface area contributed by atoms with Crippen LogP contribution in [0.3, 0.4) is 0 Å². The first-order valence-electron chi connectivity index (χ1n) is 10.2. The summed E-state index contributed by atoms with van der Waals surface area (Å²) in [5.74, 6) is 2.24. The van der Waals surface area contributed by atoms with Gasteiger partial charge in [0.2, 0.25) is 12.7 Å². The lowest BCUT2D eigenvalue weighted by atomic mass is 10.2. The van der Waals surface area contributed by atoms with Crippen molar-refractivity contribution in [2.24, 2.45) is 0 Å². The molecule has 7 nitrogen and oxygen atoms in total. The second-order valence-corrected chi connectivity index (χ2v) is 8.67. The Bertz CT molecular complexity index is 1280. The molecular formula is C24H19ClN4O3S. The summed E-state index contributed by atoms with van der Waals surface area (Å²) in [5.41, 5.74) is 2.66. The highest BCUT2D eigenvalue weighted by Gasteiger charge is 2.18. The van der Waals surface area contributed by atoms with E-state index in [1.807, 2.05) is 53.1 Å². The quantitative estimate of drug-likeness (QED) is 0.372. The van der Waals surface area contributed by atoms with Gasteiger partial charge in [-0.1, -0.05) is 59.8 Å². The SMILES string of the molecule is O=C(CSc1nnc(-c2ccccc2)n1Cc1ccc2c(c1)OCO2)Nc1ccc(Cl)cc1. The summed E-state index contributed by atoms with van der Waals surface area (Å²) in [7, 11) is 0. The van der Waals surface area contributed by atoms with Crippen LogP contribution in [0.15, 0.2) is 78.0 Å². The molecule has 3 aromatic carbocycles. The highest BCUT2D eigenvalue weighted by atomic mass is 35.5. The minimum Gasteiger partial charge on any atom is -0.454 e. The third kappa shape index (κ3) is 4.97. The fraction of sp³-hybridized carbons (Fsp3) is 0.125. The Morgan fingerprint density at radius 3 is 2.61 bits per heavy atom. The summed E-state index contributed by atoms with van der Waals surface area (Å²) in [6.07, 6.45) is 0. The van der Waals surface area contributed by atoms with Gasteiger partial charge in [-0.05, 0) is 42.0 Å². The summed E-state index contributed by atoms with van der Waals surface area (Å²) in [6.45, 7) is 0.750. The summed E-state index contributed by atoms with van der Waals surface area (Å²) < 4.78 is 12.9. The van der Waals surface area contributed by atoms with E-state index in [1.54, 1.807) is 24.3 Å². The van der Waals surface area contributed by atoms with Crippen molar-refractivity contribution in [3.63, 3.8) is 0 Å². The minimum atomic E-state index is -0.138. The molecule has 4 aromatic rings. The molecule has 9 heteroatoms. The Labute approximate surface area is 199 Å². The third-order valence-electron chi connectivity index (χ3n) is 4.99. The number of anilines is 1. The molecule has 0 saturated heterocycles. The number of amides is 1. The summed E-state index contributed by atoms with van der Waals surface area (Å²) >= 11 is 7.24. The molecule has 5 rings (SSSR count). The smallest absolute Gasteiger partial charge is 0.234 e. The van der Waals surface area contributed by atoms with Crippen LogP contribution in [0.5, 0.6) is 11.5 Å². The lowest BCUT2D eigenvalue weighted by Gasteiger charge is -2.11. The fourth-order valence-electron chi connectivity index (χ4n) is 3.42. The zero-order valence-electron chi connectivity index (χ0n) is 17.4. The van der Waals surface area contributed by atoms with E-state index in [9.17, 15) is 4.79 Å². The number of nitrogens with zero attached hydrogens (tertiary/aromatic N) is 3. The molecule has 0 fully saturated rings. The van der Waals surface area contributed by atoms with Crippen LogP contribution >= 0.6 is 23.4 Å². The summed E-state index contributed by atoms with van der Waals surface area (Å²) in [6, 6.07) is 22.7. The molecule has 0 atom stereocenters. The Balaban J connectivity index is 1.37. The van der Waals surface area contributed by atoms with Crippen molar-refractivity contribution in [3.05, 3.63) is 83.4 Å². The molecule has 0 unspecified atom stereocenters. The van der Waals surface area contributed by atoms with Crippen LogP contribution in [0.1, 0.15) is 5.56 Å². The molecule has 33 heavy (non-hydrogen) atoms. The van der Waals surface area contributed by atoms with Crippen LogP contribution in [0.25, 0.3) is 11.4 Å². The second kappa shape index (κ2) is 9.56. The van der Waals surface area contributed by atoms with Crippen molar-refractivity contribution in [2.75, 3.05) is 17.9 Å². The van der Waals surface area contributed by atoms with Crippen LogP contribution < -0.4 is 14.8 Å². The molecule has 1 aromatic heterocycles. The Kier molecular flexibility index (Phi) is 6.19. The fourth-order valence-corrected chi connectivity index (χ4v) is 4.28. The van der Waals surface area contributed by atoms with E-state index in [4.69, 9.17) is 21.1 Å². The van der Waals surface area contributed by atoms with Crippen LogP contribution in [0.2, 0.25) is 5.02 Å². The number of ether oxygens (including phenoxy) is 2. The number of rotatable bonds is 7. The largest absolute Gasteiger partial charge is 0.454 e. The van der Waals surface area contributed by atoms with Gasteiger partial charge < -0.3 is 14.8 Å². The predicted molar refractivity (Wildman–Crippen MR) is 128 cm³/mol. The van der Waals surface area contributed by atoms with E-state index in [-0.39, 0.29) is 18.5 Å². The second-order valence-electron chi connectivity index (χ2n) is 7.29. The molecule has 0 spiro atoms. The molecule has 0 bridgehead atoms. The summed E-state index contributed by atoms with van der Waals surface area (Å²) in [4.78, 5) is 12.5. The van der Waals surface area contributed by atoms with Gasteiger partial charge >= 0.3 is 0 Å².